The average molecular weight is 237 g/mol. The third-order valence-corrected chi connectivity index (χ3v) is 2.18. The number of amides is 1. The number of nitrogens with one attached hydrogen (secondary N) is 2. The van der Waals surface area contributed by atoms with Gasteiger partial charge in [-0.2, -0.15) is 0 Å². The summed E-state index contributed by atoms with van der Waals surface area (Å²) in [5.41, 5.74) is 1.16. The normalized spacial score (nSPS) is 10.2. The molecule has 0 saturated heterocycles. The lowest BCUT2D eigenvalue weighted by atomic mass is 10.3. The van der Waals surface area contributed by atoms with Gasteiger partial charge in [0.25, 0.3) is 0 Å². The highest BCUT2D eigenvalue weighted by atomic mass is 16.5. The minimum atomic E-state index is -0.0697. The van der Waals surface area contributed by atoms with Gasteiger partial charge in [0.2, 0.25) is 5.91 Å². The Labute approximate surface area is 102 Å². The van der Waals surface area contributed by atoms with E-state index in [1.165, 1.54) is 7.11 Å². The van der Waals surface area contributed by atoms with E-state index in [2.05, 4.69) is 15.6 Å². The summed E-state index contributed by atoms with van der Waals surface area (Å²) in [4.78, 5) is 15.1. The van der Waals surface area contributed by atoms with Crippen molar-refractivity contribution in [1.82, 2.24) is 15.6 Å². The van der Waals surface area contributed by atoms with Crippen molar-refractivity contribution in [3.8, 4) is 0 Å². The van der Waals surface area contributed by atoms with Gasteiger partial charge in [-0.25, -0.2) is 0 Å². The van der Waals surface area contributed by atoms with E-state index in [-0.39, 0.29) is 12.5 Å². The smallest absolute Gasteiger partial charge is 0.245 e. The Bertz CT molecular complexity index is 317. The number of hydrogen-bond acceptors (Lipinski definition) is 4. The van der Waals surface area contributed by atoms with E-state index in [1.807, 2.05) is 18.3 Å². The van der Waals surface area contributed by atoms with E-state index in [4.69, 9.17) is 4.74 Å². The summed E-state index contributed by atoms with van der Waals surface area (Å²) in [6.07, 6.45) is 4.50. The number of aromatic nitrogens is 1. The van der Waals surface area contributed by atoms with Gasteiger partial charge in [0.15, 0.2) is 0 Å². The molecule has 1 rings (SSSR count). The van der Waals surface area contributed by atoms with Crippen LogP contribution >= 0.6 is 0 Å². The summed E-state index contributed by atoms with van der Waals surface area (Å²) in [5, 5.41) is 6.05. The molecule has 2 N–H and O–H groups in total. The number of nitrogens with zero attached hydrogens (tertiary/aromatic N) is 1. The van der Waals surface area contributed by atoms with Crippen molar-refractivity contribution < 1.29 is 9.53 Å². The molecule has 0 unspecified atom stereocenters. The van der Waals surface area contributed by atoms with E-state index >= 15 is 0 Å². The summed E-state index contributed by atoms with van der Waals surface area (Å²) in [5.74, 6) is -0.0697. The van der Waals surface area contributed by atoms with Crippen LogP contribution in [0.1, 0.15) is 12.0 Å². The van der Waals surface area contributed by atoms with Gasteiger partial charge < -0.3 is 15.4 Å². The molecular formula is C12H19N3O2. The topological polar surface area (TPSA) is 63.2 Å². The fourth-order valence-corrected chi connectivity index (χ4v) is 1.36. The Morgan fingerprint density at radius 2 is 2.35 bits per heavy atom. The molecule has 0 aliphatic rings. The molecule has 0 saturated carbocycles. The fourth-order valence-electron chi connectivity index (χ4n) is 1.36. The Morgan fingerprint density at radius 1 is 1.47 bits per heavy atom. The first-order chi connectivity index (χ1) is 8.33. The third kappa shape index (κ3) is 6.65. The van der Waals surface area contributed by atoms with Gasteiger partial charge >= 0.3 is 0 Å². The molecule has 0 aromatic carbocycles. The molecule has 1 aromatic rings. The molecule has 0 spiro atoms. The molecule has 0 fully saturated rings. The lowest BCUT2D eigenvalue weighted by Gasteiger charge is -2.06. The highest BCUT2D eigenvalue weighted by Crippen LogP contribution is 1.93. The van der Waals surface area contributed by atoms with Gasteiger partial charge in [0.05, 0.1) is 0 Å². The summed E-state index contributed by atoms with van der Waals surface area (Å²) >= 11 is 0. The van der Waals surface area contributed by atoms with Gasteiger partial charge in [0.1, 0.15) is 6.61 Å². The zero-order chi connectivity index (χ0) is 12.3. The first-order valence-corrected chi connectivity index (χ1v) is 5.68. The zero-order valence-electron chi connectivity index (χ0n) is 10.1. The molecule has 1 heterocycles. The summed E-state index contributed by atoms with van der Waals surface area (Å²) in [7, 11) is 1.51. The number of ether oxygens (including phenoxy) is 1. The van der Waals surface area contributed by atoms with Crippen LogP contribution in [0.2, 0.25) is 0 Å². The Morgan fingerprint density at radius 3 is 3.06 bits per heavy atom. The lowest BCUT2D eigenvalue weighted by molar-refractivity contribution is -0.124. The highest BCUT2D eigenvalue weighted by molar-refractivity contribution is 5.77. The molecule has 0 atom stereocenters. The molecule has 94 valence electrons. The van der Waals surface area contributed by atoms with Crippen LogP contribution in [-0.4, -0.2) is 37.7 Å². The SMILES string of the molecule is COCC(=O)NCCCNCc1cccnc1. The van der Waals surface area contributed by atoms with E-state index in [9.17, 15) is 4.79 Å². The lowest BCUT2D eigenvalue weighted by Crippen LogP contribution is -2.29. The maximum absolute atomic E-state index is 11.0. The Hall–Kier alpha value is -1.46. The maximum Gasteiger partial charge on any atom is 0.245 e. The number of carbonyl (C=O) groups excluding carboxylic acids is 1. The molecular weight excluding hydrogens is 218 g/mol. The van der Waals surface area contributed by atoms with Crippen molar-refractivity contribution in [1.29, 1.82) is 0 Å². The quantitative estimate of drug-likeness (QED) is 0.639. The van der Waals surface area contributed by atoms with Crippen LogP contribution in [0.5, 0.6) is 0 Å². The summed E-state index contributed by atoms with van der Waals surface area (Å²) < 4.78 is 4.71. The standard InChI is InChI=1S/C12H19N3O2/c1-17-10-12(16)15-7-3-6-14-9-11-4-2-5-13-8-11/h2,4-5,8,14H,3,6-7,9-10H2,1H3,(H,15,16). The fraction of sp³-hybridized carbons (Fsp3) is 0.500. The Balaban J connectivity index is 1.96. The van der Waals surface area contributed by atoms with Crippen LogP contribution in [-0.2, 0) is 16.1 Å². The van der Waals surface area contributed by atoms with Crippen LogP contribution in [0.15, 0.2) is 24.5 Å². The molecule has 0 radical (unpaired) electrons. The van der Waals surface area contributed by atoms with Gasteiger partial charge in [-0.3, -0.25) is 9.78 Å². The predicted octanol–water partition coefficient (Wildman–Crippen LogP) is 0.324. The van der Waals surface area contributed by atoms with E-state index in [1.54, 1.807) is 6.20 Å². The largest absolute Gasteiger partial charge is 0.375 e. The van der Waals surface area contributed by atoms with E-state index in [0.29, 0.717) is 6.54 Å². The van der Waals surface area contributed by atoms with Crippen molar-refractivity contribution in [3.05, 3.63) is 30.1 Å². The van der Waals surface area contributed by atoms with Crippen molar-refractivity contribution in [2.75, 3.05) is 26.8 Å². The van der Waals surface area contributed by atoms with Gasteiger partial charge in [-0.05, 0) is 24.6 Å². The summed E-state index contributed by atoms with van der Waals surface area (Å²) in [6.45, 7) is 2.47. The van der Waals surface area contributed by atoms with Crippen LogP contribution in [0.4, 0.5) is 0 Å². The molecule has 1 aromatic heterocycles. The average Bonchev–Trinajstić information content (AvgIpc) is 2.35. The highest BCUT2D eigenvalue weighted by Gasteiger charge is 1.97. The third-order valence-electron chi connectivity index (χ3n) is 2.18. The first-order valence-electron chi connectivity index (χ1n) is 5.68. The molecule has 0 bridgehead atoms. The second-order valence-electron chi connectivity index (χ2n) is 3.67. The second kappa shape index (κ2) is 8.66. The van der Waals surface area contributed by atoms with Crippen molar-refractivity contribution in [2.24, 2.45) is 0 Å². The van der Waals surface area contributed by atoms with Crippen molar-refractivity contribution in [2.45, 2.75) is 13.0 Å². The Kier molecular flexibility index (Phi) is 6.93. The molecule has 0 aliphatic carbocycles. The second-order valence-corrected chi connectivity index (χ2v) is 3.67. The van der Waals surface area contributed by atoms with Crippen molar-refractivity contribution in [3.63, 3.8) is 0 Å². The number of pyridine rings is 1. The number of methoxy groups -OCH3 is 1. The summed E-state index contributed by atoms with van der Waals surface area (Å²) in [6, 6.07) is 3.95. The monoisotopic (exact) mass is 237 g/mol. The molecule has 5 heteroatoms. The van der Waals surface area contributed by atoms with Crippen molar-refractivity contribution >= 4 is 5.91 Å². The van der Waals surface area contributed by atoms with E-state index in [0.717, 1.165) is 25.1 Å². The first kappa shape index (κ1) is 13.6. The number of hydrogen-bond donors (Lipinski definition) is 2. The predicted molar refractivity (Wildman–Crippen MR) is 65.4 cm³/mol. The molecule has 17 heavy (non-hydrogen) atoms. The van der Waals surface area contributed by atoms with Crippen LogP contribution in [0, 0.1) is 0 Å². The van der Waals surface area contributed by atoms with Gasteiger partial charge in [-0.1, -0.05) is 6.07 Å². The van der Waals surface area contributed by atoms with Crippen LogP contribution < -0.4 is 10.6 Å². The maximum atomic E-state index is 11.0. The van der Waals surface area contributed by atoms with E-state index < -0.39 is 0 Å². The van der Waals surface area contributed by atoms with Crippen LogP contribution in [0.25, 0.3) is 0 Å². The zero-order valence-corrected chi connectivity index (χ0v) is 10.1. The van der Waals surface area contributed by atoms with Gasteiger partial charge in [-0.15, -0.1) is 0 Å². The minimum Gasteiger partial charge on any atom is -0.375 e. The molecule has 0 aliphatic heterocycles. The molecule has 5 nitrogen and oxygen atoms in total. The van der Waals surface area contributed by atoms with Gasteiger partial charge in [0, 0.05) is 32.6 Å². The number of carbonyl (C=O) groups is 1. The number of rotatable bonds is 8. The van der Waals surface area contributed by atoms with Crippen LogP contribution in [0.3, 0.4) is 0 Å². The minimum absolute atomic E-state index is 0.0697. The molecule has 1 amide bonds.